The Balaban J connectivity index is 1.86. The van der Waals surface area contributed by atoms with Crippen molar-refractivity contribution in [1.82, 2.24) is 15.5 Å². The van der Waals surface area contributed by atoms with Gasteiger partial charge in [-0.15, -0.1) is 0 Å². The molecule has 3 heterocycles. The number of aromatic nitrogens is 2. The number of benzene rings is 1. The van der Waals surface area contributed by atoms with Crippen LogP contribution in [0.4, 0.5) is 0 Å². The molecule has 0 bridgehead atoms. The fraction of sp³-hybridized carbons (Fsp3) is 0.190. The first-order valence-corrected chi connectivity index (χ1v) is 8.86. The number of pyridine rings is 1. The average molecular weight is 377 g/mol. The Morgan fingerprint density at radius 3 is 2.75 bits per heavy atom. The van der Waals surface area contributed by atoms with Gasteiger partial charge in [-0.3, -0.25) is 4.79 Å². The van der Waals surface area contributed by atoms with Crippen molar-refractivity contribution < 1.29 is 18.5 Å². The van der Waals surface area contributed by atoms with Gasteiger partial charge in [0.2, 0.25) is 0 Å². The van der Waals surface area contributed by atoms with E-state index in [1.807, 2.05) is 31.2 Å². The lowest BCUT2D eigenvalue weighted by Crippen LogP contribution is -2.27. The van der Waals surface area contributed by atoms with Crippen molar-refractivity contribution in [2.45, 2.75) is 6.92 Å². The lowest BCUT2D eigenvalue weighted by Gasteiger charge is -2.08. The van der Waals surface area contributed by atoms with E-state index in [9.17, 15) is 4.79 Å². The van der Waals surface area contributed by atoms with E-state index in [1.165, 1.54) is 0 Å². The molecule has 3 aromatic heterocycles. The Kier molecular flexibility index (Phi) is 4.90. The third kappa shape index (κ3) is 3.39. The van der Waals surface area contributed by atoms with Crippen LogP contribution in [0.2, 0.25) is 0 Å². The minimum Gasteiger partial charge on any atom is -0.463 e. The zero-order valence-corrected chi connectivity index (χ0v) is 15.6. The molecule has 0 spiro atoms. The number of nitrogens with one attached hydrogen (secondary N) is 1. The third-order valence-corrected chi connectivity index (χ3v) is 4.38. The molecule has 4 rings (SSSR count). The maximum atomic E-state index is 12.9. The molecule has 0 aliphatic rings. The lowest BCUT2D eigenvalue weighted by atomic mass is 10.0. The van der Waals surface area contributed by atoms with Crippen molar-refractivity contribution in [1.29, 1.82) is 0 Å². The van der Waals surface area contributed by atoms with Crippen molar-refractivity contribution in [2.24, 2.45) is 0 Å². The number of furan rings is 1. The van der Waals surface area contributed by atoms with E-state index in [0.29, 0.717) is 41.2 Å². The summed E-state index contributed by atoms with van der Waals surface area (Å²) < 4.78 is 15.9. The van der Waals surface area contributed by atoms with Gasteiger partial charge in [0.1, 0.15) is 11.4 Å². The lowest BCUT2D eigenvalue weighted by molar-refractivity contribution is 0.0938. The van der Waals surface area contributed by atoms with Crippen LogP contribution in [0.15, 0.2) is 57.7 Å². The van der Waals surface area contributed by atoms with Crippen LogP contribution in [0.25, 0.3) is 33.8 Å². The number of carbonyl (C=O) groups excluding carboxylic acids is 1. The maximum Gasteiger partial charge on any atom is 0.259 e. The van der Waals surface area contributed by atoms with Gasteiger partial charge in [0.05, 0.1) is 23.8 Å². The molecule has 0 atom stereocenters. The number of hydrogen-bond donors (Lipinski definition) is 1. The van der Waals surface area contributed by atoms with Crippen LogP contribution in [0, 0.1) is 6.92 Å². The zero-order valence-electron chi connectivity index (χ0n) is 15.6. The van der Waals surface area contributed by atoms with Crippen molar-refractivity contribution in [3.05, 3.63) is 59.9 Å². The van der Waals surface area contributed by atoms with E-state index >= 15 is 0 Å². The van der Waals surface area contributed by atoms with Crippen LogP contribution >= 0.6 is 0 Å². The summed E-state index contributed by atoms with van der Waals surface area (Å²) in [5.74, 6) is 0.287. The van der Waals surface area contributed by atoms with Crippen molar-refractivity contribution in [2.75, 3.05) is 20.3 Å². The quantitative estimate of drug-likeness (QED) is 0.514. The SMILES string of the molecule is COCCNC(=O)c1cc(-c2ccco2)nc2onc(-c3ccc(C)cc3)c12. The first kappa shape index (κ1) is 17.9. The second-order valence-electron chi connectivity index (χ2n) is 6.36. The summed E-state index contributed by atoms with van der Waals surface area (Å²) in [4.78, 5) is 17.4. The molecule has 0 fully saturated rings. The first-order chi connectivity index (χ1) is 13.7. The number of carbonyl (C=O) groups is 1. The molecule has 0 radical (unpaired) electrons. The van der Waals surface area contributed by atoms with Gasteiger partial charge in [-0.25, -0.2) is 4.98 Å². The second-order valence-corrected chi connectivity index (χ2v) is 6.36. The fourth-order valence-electron chi connectivity index (χ4n) is 2.95. The molecule has 0 aliphatic heterocycles. The van der Waals surface area contributed by atoms with Gasteiger partial charge in [0.15, 0.2) is 5.76 Å². The predicted molar refractivity (Wildman–Crippen MR) is 104 cm³/mol. The highest BCUT2D eigenvalue weighted by Crippen LogP contribution is 2.32. The van der Waals surface area contributed by atoms with Crippen molar-refractivity contribution in [3.8, 4) is 22.7 Å². The summed E-state index contributed by atoms with van der Waals surface area (Å²) >= 11 is 0. The van der Waals surface area contributed by atoms with Gasteiger partial charge >= 0.3 is 0 Å². The van der Waals surface area contributed by atoms with E-state index in [1.54, 1.807) is 31.6 Å². The summed E-state index contributed by atoms with van der Waals surface area (Å²) in [7, 11) is 1.58. The third-order valence-electron chi connectivity index (χ3n) is 4.38. The highest BCUT2D eigenvalue weighted by Gasteiger charge is 2.22. The summed E-state index contributed by atoms with van der Waals surface area (Å²) in [5, 5.41) is 7.60. The number of ether oxygens (including phenoxy) is 1. The summed E-state index contributed by atoms with van der Waals surface area (Å²) in [6.45, 7) is 2.82. The van der Waals surface area contributed by atoms with E-state index in [2.05, 4.69) is 15.5 Å². The first-order valence-electron chi connectivity index (χ1n) is 8.86. The van der Waals surface area contributed by atoms with Crippen LogP contribution in [-0.2, 0) is 4.74 Å². The Hall–Kier alpha value is -3.45. The number of rotatable bonds is 6. The number of aryl methyl sites for hydroxylation is 1. The number of amides is 1. The zero-order chi connectivity index (χ0) is 19.5. The monoisotopic (exact) mass is 377 g/mol. The number of nitrogens with zero attached hydrogens (tertiary/aromatic N) is 2. The molecular formula is C21H19N3O4. The van der Waals surface area contributed by atoms with Crippen molar-refractivity contribution >= 4 is 17.0 Å². The normalized spacial score (nSPS) is 11.1. The number of hydrogen-bond acceptors (Lipinski definition) is 6. The molecular weight excluding hydrogens is 358 g/mol. The highest BCUT2D eigenvalue weighted by atomic mass is 16.5. The van der Waals surface area contributed by atoms with Gasteiger partial charge < -0.3 is 19.0 Å². The molecule has 0 saturated carbocycles. The molecule has 4 aromatic rings. The minimum absolute atomic E-state index is 0.256. The Morgan fingerprint density at radius 1 is 1.21 bits per heavy atom. The molecule has 0 unspecified atom stereocenters. The largest absolute Gasteiger partial charge is 0.463 e. The maximum absolute atomic E-state index is 12.9. The Morgan fingerprint density at radius 2 is 2.04 bits per heavy atom. The fourth-order valence-corrected chi connectivity index (χ4v) is 2.95. The van der Waals surface area contributed by atoms with E-state index in [0.717, 1.165) is 11.1 Å². The molecule has 7 nitrogen and oxygen atoms in total. The van der Waals surface area contributed by atoms with Crippen LogP contribution in [0.1, 0.15) is 15.9 Å². The van der Waals surface area contributed by atoms with E-state index in [4.69, 9.17) is 13.7 Å². The molecule has 0 aliphatic carbocycles. The topological polar surface area (TPSA) is 90.4 Å². The smallest absolute Gasteiger partial charge is 0.259 e. The summed E-state index contributed by atoms with van der Waals surface area (Å²) in [6, 6.07) is 13.1. The van der Waals surface area contributed by atoms with Crippen LogP contribution in [0.3, 0.4) is 0 Å². The van der Waals surface area contributed by atoms with Gasteiger partial charge in [-0.05, 0) is 25.1 Å². The molecule has 0 saturated heterocycles. The van der Waals surface area contributed by atoms with Crippen molar-refractivity contribution in [3.63, 3.8) is 0 Å². The van der Waals surface area contributed by atoms with Crippen LogP contribution < -0.4 is 5.32 Å². The summed E-state index contributed by atoms with van der Waals surface area (Å²) in [6.07, 6.45) is 1.55. The highest BCUT2D eigenvalue weighted by molar-refractivity contribution is 6.10. The van der Waals surface area contributed by atoms with Gasteiger partial charge in [-0.1, -0.05) is 35.0 Å². The average Bonchev–Trinajstić information content (AvgIpc) is 3.38. The second kappa shape index (κ2) is 7.66. The Bertz CT molecular complexity index is 1100. The van der Waals surface area contributed by atoms with Crippen LogP contribution in [-0.4, -0.2) is 36.3 Å². The molecule has 1 amide bonds. The molecule has 142 valence electrons. The Labute approximate surface area is 161 Å². The standard InChI is InChI=1S/C21H19N3O4/c1-13-5-7-14(8-6-13)19-18-15(20(25)22-9-11-26-2)12-16(17-4-3-10-27-17)23-21(18)28-24-19/h3-8,10,12H,9,11H2,1-2H3,(H,22,25). The van der Waals surface area contributed by atoms with Gasteiger partial charge in [0.25, 0.3) is 11.6 Å². The van der Waals surface area contributed by atoms with Gasteiger partial charge in [0, 0.05) is 19.2 Å². The minimum atomic E-state index is -0.256. The van der Waals surface area contributed by atoms with Crippen LogP contribution in [0.5, 0.6) is 0 Å². The number of fused-ring (bicyclic) bond motifs is 1. The molecule has 1 aromatic carbocycles. The molecule has 28 heavy (non-hydrogen) atoms. The molecule has 7 heteroatoms. The number of methoxy groups -OCH3 is 1. The van der Waals surface area contributed by atoms with Gasteiger partial charge in [-0.2, -0.15) is 0 Å². The molecule has 1 N–H and O–H groups in total. The van der Waals surface area contributed by atoms with E-state index in [-0.39, 0.29) is 11.6 Å². The predicted octanol–water partition coefficient (Wildman–Crippen LogP) is 3.83. The van der Waals surface area contributed by atoms with E-state index < -0.39 is 0 Å². The summed E-state index contributed by atoms with van der Waals surface area (Å²) in [5.41, 5.74) is 3.76.